The van der Waals surface area contributed by atoms with Crippen molar-refractivity contribution in [2.45, 2.75) is 32.6 Å². The van der Waals surface area contributed by atoms with Gasteiger partial charge in [-0.3, -0.25) is 4.79 Å². The van der Waals surface area contributed by atoms with E-state index < -0.39 is 6.09 Å². The zero-order valence-electron chi connectivity index (χ0n) is 9.25. The van der Waals surface area contributed by atoms with Crippen LogP contribution in [0.5, 0.6) is 0 Å². The first-order valence-electron chi connectivity index (χ1n) is 5.17. The summed E-state index contributed by atoms with van der Waals surface area (Å²) in [5.74, 6) is 3.07. The zero-order chi connectivity index (χ0) is 12.4. The number of nitrogens with one attached hydrogen (secondary N) is 1. The van der Waals surface area contributed by atoms with Crippen molar-refractivity contribution in [1.29, 1.82) is 0 Å². The maximum absolute atomic E-state index is 11.3. The molecule has 0 aliphatic heterocycles. The van der Waals surface area contributed by atoms with Gasteiger partial charge in [0.2, 0.25) is 0 Å². The van der Waals surface area contributed by atoms with E-state index in [1.54, 1.807) is 0 Å². The lowest BCUT2D eigenvalue weighted by Crippen LogP contribution is -2.27. The van der Waals surface area contributed by atoms with Crippen molar-refractivity contribution in [3.05, 3.63) is 0 Å². The maximum Gasteiger partial charge on any atom is 0.404 e. The molecular weight excluding hydrogens is 321 g/mol. The van der Waals surface area contributed by atoms with Gasteiger partial charge in [0.05, 0.1) is 6.42 Å². The summed E-state index contributed by atoms with van der Waals surface area (Å²) in [6.07, 6.45) is 1.35. The van der Waals surface area contributed by atoms with Crippen LogP contribution in [0.4, 0.5) is 4.79 Å². The molecule has 90 valence electrons. The molecule has 1 atom stereocenters. The normalized spacial score (nSPS) is 11.1. The quantitative estimate of drug-likeness (QED) is 0.554. The molecule has 0 saturated heterocycles. The van der Waals surface area contributed by atoms with Gasteiger partial charge >= 0.3 is 6.09 Å². The summed E-state index contributed by atoms with van der Waals surface area (Å²) >= 11 is 1.90. The third kappa shape index (κ3) is 8.53. The highest BCUT2D eigenvalue weighted by atomic mass is 127. The Balaban J connectivity index is 3.80. The molecule has 1 unspecified atom stereocenters. The Bertz CT molecular complexity index is 293. The average Bonchev–Trinajstić information content (AvgIpc) is 2.26. The predicted octanol–water partition coefficient (Wildman–Crippen LogP) is 2.42. The standard InChI is InChI=1S/C11H16INO3/c1-2-9(8-13-11(15)16)5-6-10(14)4-3-7-12/h9,13H,2,4-6,8H2,1H3,(H,15,16). The number of carbonyl (C=O) groups excluding carboxylic acids is 1. The van der Waals surface area contributed by atoms with Gasteiger partial charge in [0.15, 0.2) is 0 Å². The van der Waals surface area contributed by atoms with Crippen molar-refractivity contribution in [3.63, 3.8) is 0 Å². The molecule has 0 aliphatic carbocycles. The third-order valence-corrected chi connectivity index (χ3v) is 2.68. The summed E-state index contributed by atoms with van der Waals surface area (Å²) in [4.78, 5) is 21.6. The number of halogens is 1. The molecule has 0 heterocycles. The molecule has 5 heteroatoms. The van der Waals surface area contributed by atoms with Crippen LogP contribution in [-0.4, -0.2) is 23.5 Å². The van der Waals surface area contributed by atoms with Gasteiger partial charge < -0.3 is 10.4 Å². The van der Waals surface area contributed by atoms with E-state index >= 15 is 0 Å². The second-order valence-electron chi connectivity index (χ2n) is 3.49. The van der Waals surface area contributed by atoms with E-state index in [0.717, 1.165) is 12.8 Å². The molecule has 0 aromatic rings. The van der Waals surface area contributed by atoms with Gasteiger partial charge in [0.1, 0.15) is 5.78 Å². The number of hydrogen-bond donors (Lipinski definition) is 2. The van der Waals surface area contributed by atoms with E-state index in [-0.39, 0.29) is 11.7 Å². The molecule has 0 aliphatic rings. The van der Waals surface area contributed by atoms with Crippen LogP contribution in [0.1, 0.15) is 32.6 Å². The van der Waals surface area contributed by atoms with E-state index in [2.05, 4.69) is 15.2 Å². The molecule has 0 bridgehead atoms. The first kappa shape index (κ1) is 15.2. The highest BCUT2D eigenvalue weighted by Crippen LogP contribution is 2.10. The van der Waals surface area contributed by atoms with E-state index in [9.17, 15) is 9.59 Å². The SMILES string of the molecule is CCC(CCC(=O)CC#CI)CNC(=O)O. The molecule has 0 fully saturated rings. The van der Waals surface area contributed by atoms with Crippen molar-refractivity contribution in [2.75, 3.05) is 6.54 Å². The van der Waals surface area contributed by atoms with Gasteiger partial charge in [-0.15, -0.1) is 0 Å². The van der Waals surface area contributed by atoms with Crippen molar-refractivity contribution in [2.24, 2.45) is 5.92 Å². The Morgan fingerprint density at radius 2 is 2.19 bits per heavy atom. The van der Waals surface area contributed by atoms with E-state index in [0.29, 0.717) is 19.4 Å². The Morgan fingerprint density at radius 1 is 1.50 bits per heavy atom. The minimum absolute atomic E-state index is 0.123. The Morgan fingerprint density at radius 3 is 2.69 bits per heavy atom. The number of Topliss-reactive ketones (excluding diaryl/α,β-unsaturated/α-hetero) is 1. The van der Waals surface area contributed by atoms with Gasteiger partial charge in [-0.2, -0.15) is 0 Å². The smallest absolute Gasteiger partial charge is 0.404 e. The van der Waals surface area contributed by atoms with Crippen molar-refractivity contribution in [3.8, 4) is 9.85 Å². The van der Waals surface area contributed by atoms with Crippen LogP contribution in [0.3, 0.4) is 0 Å². The molecule has 0 spiro atoms. The van der Waals surface area contributed by atoms with Crippen molar-refractivity contribution in [1.82, 2.24) is 5.32 Å². The average molecular weight is 337 g/mol. The number of carbonyl (C=O) groups is 2. The zero-order valence-corrected chi connectivity index (χ0v) is 11.4. The van der Waals surface area contributed by atoms with Crippen LogP contribution in [-0.2, 0) is 4.79 Å². The van der Waals surface area contributed by atoms with Crippen LogP contribution in [0, 0.1) is 15.8 Å². The molecule has 0 aromatic heterocycles. The fourth-order valence-corrected chi connectivity index (χ4v) is 1.46. The Labute approximate surface area is 109 Å². The largest absolute Gasteiger partial charge is 0.465 e. The monoisotopic (exact) mass is 337 g/mol. The summed E-state index contributed by atoms with van der Waals surface area (Å²) in [5.41, 5.74) is 0. The molecular formula is C11H16INO3. The molecule has 1 amide bonds. The number of amides is 1. The fraction of sp³-hybridized carbons (Fsp3) is 0.636. The van der Waals surface area contributed by atoms with Crippen molar-refractivity contribution >= 4 is 34.5 Å². The highest BCUT2D eigenvalue weighted by Gasteiger charge is 2.10. The second-order valence-corrected chi connectivity index (χ2v) is 4.03. The van der Waals surface area contributed by atoms with Crippen LogP contribution < -0.4 is 5.32 Å². The maximum atomic E-state index is 11.3. The molecule has 0 saturated carbocycles. The minimum atomic E-state index is -1.01. The van der Waals surface area contributed by atoms with E-state index in [1.165, 1.54) is 0 Å². The fourth-order valence-electron chi connectivity index (χ4n) is 1.27. The van der Waals surface area contributed by atoms with Crippen LogP contribution in [0.25, 0.3) is 0 Å². The molecule has 16 heavy (non-hydrogen) atoms. The van der Waals surface area contributed by atoms with Gasteiger partial charge in [-0.1, -0.05) is 19.3 Å². The molecule has 0 rings (SSSR count). The Hall–Kier alpha value is -0.770. The molecule has 2 N–H and O–H groups in total. The topological polar surface area (TPSA) is 66.4 Å². The molecule has 0 radical (unpaired) electrons. The van der Waals surface area contributed by atoms with Crippen LogP contribution >= 0.6 is 22.6 Å². The van der Waals surface area contributed by atoms with Gasteiger partial charge in [-0.25, -0.2) is 4.79 Å². The molecule has 0 aromatic carbocycles. The molecule has 4 nitrogen and oxygen atoms in total. The number of carboxylic acid groups (broad SMARTS) is 1. The lowest BCUT2D eigenvalue weighted by atomic mass is 9.98. The summed E-state index contributed by atoms with van der Waals surface area (Å²) in [7, 11) is 0. The summed E-state index contributed by atoms with van der Waals surface area (Å²) < 4.78 is 2.65. The van der Waals surface area contributed by atoms with E-state index in [4.69, 9.17) is 5.11 Å². The number of ketones is 1. The Kier molecular flexibility index (Phi) is 9.00. The first-order chi connectivity index (χ1) is 7.60. The number of rotatable bonds is 7. The lowest BCUT2D eigenvalue weighted by molar-refractivity contribution is -0.118. The van der Waals surface area contributed by atoms with Gasteiger partial charge in [0, 0.05) is 35.6 Å². The summed E-state index contributed by atoms with van der Waals surface area (Å²) in [6.45, 7) is 2.40. The minimum Gasteiger partial charge on any atom is -0.465 e. The third-order valence-electron chi connectivity index (χ3n) is 2.30. The number of hydrogen-bond acceptors (Lipinski definition) is 2. The van der Waals surface area contributed by atoms with E-state index in [1.807, 2.05) is 29.5 Å². The highest BCUT2D eigenvalue weighted by molar-refractivity contribution is 14.1. The van der Waals surface area contributed by atoms with Crippen LogP contribution in [0.15, 0.2) is 0 Å². The van der Waals surface area contributed by atoms with Crippen molar-refractivity contribution < 1.29 is 14.7 Å². The lowest BCUT2D eigenvalue weighted by Gasteiger charge is -2.13. The van der Waals surface area contributed by atoms with Gasteiger partial charge in [-0.05, 0) is 16.3 Å². The first-order valence-corrected chi connectivity index (χ1v) is 6.25. The summed E-state index contributed by atoms with van der Waals surface area (Å²) in [5, 5.41) is 10.8. The second kappa shape index (κ2) is 9.46. The van der Waals surface area contributed by atoms with Gasteiger partial charge in [0.25, 0.3) is 0 Å². The predicted molar refractivity (Wildman–Crippen MR) is 70.5 cm³/mol. The summed E-state index contributed by atoms with van der Waals surface area (Å²) in [6, 6.07) is 0. The van der Waals surface area contributed by atoms with Crippen LogP contribution in [0.2, 0.25) is 0 Å².